The van der Waals surface area contributed by atoms with E-state index in [0.29, 0.717) is 22.9 Å². The molecular weight excluding hydrogens is 344 g/mol. The second-order valence-electron chi connectivity index (χ2n) is 6.88. The summed E-state index contributed by atoms with van der Waals surface area (Å²) in [5.41, 5.74) is 1.10. The van der Waals surface area contributed by atoms with Crippen LogP contribution in [0.5, 0.6) is 0 Å². The summed E-state index contributed by atoms with van der Waals surface area (Å²) < 4.78 is 0. The molecule has 1 amide bonds. The van der Waals surface area contributed by atoms with E-state index in [1.54, 1.807) is 0 Å². The van der Waals surface area contributed by atoms with Gasteiger partial charge >= 0.3 is 0 Å². The number of hydrogen-bond acceptors (Lipinski definition) is 4. The van der Waals surface area contributed by atoms with Crippen molar-refractivity contribution >= 4 is 29.8 Å². The molecule has 1 heterocycles. The van der Waals surface area contributed by atoms with Gasteiger partial charge in [0.25, 0.3) is 0 Å². The van der Waals surface area contributed by atoms with Crippen LogP contribution in [0.15, 0.2) is 35.5 Å². The summed E-state index contributed by atoms with van der Waals surface area (Å²) in [6, 6.07) is 10.3. The first-order chi connectivity index (χ1) is 12.6. The van der Waals surface area contributed by atoms with Gasteiger partial charge < -0.3 is 5.32 Å². The Labute approximate surface area is 159 Å². The average molecular weight is 371 g/mol. The van der Waals surface area contributed by atoms with Crippen molar-refractivity contribution in [2.45, 2.75) is 56.0 Å². The molecule has 2 N–H and O–H groups in total. The first kappa shape index (κ1) is 18.7. The van der Waals surface area contributed by atoms with E-state index < -0.39 is 0 Å². The number of H-pyrrole nitrogens is 1. The van der Waals surface area contributed by atoms with Crippen LogP contribution in [0.25, 0.3) is 12.2 Å². The normalized spacial score (nSPS) is 21.6. The van der Waals surface area contributed by atoms with Crippen LogP contribution in [-0.2, 0) is 4.79 Å². The third-order valence-corrected chi connectivity index (χ3v) is 5.77. The van der Waals surface area contributed by atoms with Crippen molar-refractivity contribution < 1.29 is 4.79 Å². The summed E-state index contributed by atoms with van der Waals surface area (Å²) in [5, 5.41) is 10.7. The molecule has 1 aliphatic carbocycles. The van der Waals surface area contributed by atoms with Gasteiger partial charge in [-0.05, 0) is 37.3 Å². The maximum absolute atomic E-state index is 12.5. The molecular formula is C20H26N4OS. The number of rotatable bonds is 6. The van der Waals surface area contributed by atoms with E-state index in [9.17, 15) is 4.79 Å². The highest BCUT2D eigenvalue weighted by Crippen LogP contribution is 2.25. The second-order valence-corrected chi connectivity index (χ2v) is 8.19. The predicted molar refractivity (Wildman–Crippen MR) is 107 cm³/mol. The Hall–Kier alpha value is -2.08. The van der Waals surface area contributed by atoms with Gasteiger partial charge in [0.05, 0.1) is 5.25 Å². The third-order valence-electron chi connectivity index (χ3n) is 4.81. The number of amides is 1. The van der Waals surface area contributed by atoms with Gasteiger partial charge in [-0.15, -0.1) is 5.10 Å². The lowest BCUT2D eigenvalue weighted by Crippen LogP contribution is -2.44. The molecule has 138 valence electrons. The fourth-order valence-electron chi connectivity index (χ4n) is 3.17. The van der Waals surface area contributed by atoms with Crippen molar-refractivity contribution in [2.24, 2.45) is 5.92 Å². The number of aromatic amines is 1. The number of aromatic nitrogens is 3. The smallest absolute Gasteiger partial charge is 0.233 e. The molecule has 3 atom stereocenters. The van der Waals surface area contributed by atoms with E-state index in [0.717, 1.165) is 12.0 Å². The maximum Gasteiger partial charge on any atom is 0.233 e. The number of nitrogens with one attached hydrogen (secondary N) is 2. The first-order valence-corrected chi connectivity index (χ1v) is 10.1. The van der Waals surface area contributed by atoms with E-state index in [4.69, 9.17) is 0 Å². The highest BCUT2D eigenvalue weighted by atomic mass is 32.2. The van der Waals surface area contributed by atoms with E-state index in [2.05, 4.69) is 27.4 Å². The van der Waals surface area contributed by atoms with Gasteiger partial charge in [-0.1, -0.05) is 67.9 Å². The van der Waals surface area contributed by atoms with Crippen LogP contribution in [0.4, 0.5) is 0 Å². The highest BCUT2D eigenvalue weighted by molar-refractivity contribution is 8.00. The van der Waals surface area contributed by atoms with E-state index in [1.807, 2.05) is 49.4 Å². The van der Waals surface area contributed by atoms with Crippen LogP contribution >= 0.6 is 11.8 Å². The zero-order chi connectivity index (χ0) is 18.4. The zero-order valence-corrected chi connectivity index (χ0v) is 16.1. The summed E-state index contributed by atoms with van der Waals surface area (Å²) >= 11 is 1.38. The van der Waals surface area contributed by atoms with Crippen LogP contribution in [0.3, 0.4) is 0 Å². The molecule has 6 heteroatoms. The Kier molecular flexibility index (Phi) is 6.50. The molecule has 26 heavy (non-hydrogen) atoms. The molecule has 0 saturated heterocycles. The van der Waals surface area contributed by atoms with Crippen molar-refractivity contribution in [3.05, 3.63) is 41.7 Å². The van der Waals surface area contributed by atoms with Gasteiger partial charge in [0.15, 0.2) is 0 Å². The summed E-state index contributed by atoms with van der Waals surface area (Å²) in [6.45, 7) is 4.13. The summed E-state index contributed by atoms with van der Waals surface area (Å²) in [7, 11) is 0. The van der Waals surface area contributed by atoms with Crippen molar-refractivity contribution in [3.8, 4) is 0 Å². The summed E-state index contributed by atoms with van der Waals surface area (Å²) in [6.07, 6.45) is 8.63. The maximum atomic E-state index is 12.5. The minimum absolute atomic E-state index is 0.0694. The number of hydrogen-bond donors (Lipinski definition) is 2. The Morgan fingerprint density at radius 1 is 1.27 bits per heavy atom. The lowest BCUT2D eigenvalue weighted by molar-refractivity contribution is -0.121. The second kappa shape index (κ2) is 9.03. The fourth-order valence-corrected chi connectivity index (χ4v) is 3.91. The molecule has 5 nitrogen and oxygen atoms in total. The topological polar surface area (TPSA) is 70.7 Å². The van der Waals surface area contributed by atoms with Crippen LogP contribution < -0.4 is 5.32 Å². The van der Waals surface area contributed by atoms with Crippen LogP contribution in [0.2, 0.25) is 0 Å². The van der Waals surface area contributed by atoms with Crippen LogP contribution in [0, 0.1) is 5.92 Å². The van der Waals surface area contributed by atoms with Gasteiger partial charge in [-0.2, -0.15) is 0 Å². The molecule has 3 unspecified atom stereocenters. The Morgan fingerprint density at radius 2 is 2.04 bits per heavy atom. The van der Waals surface area contributed by atoms with Crippen LogP contribution in [-0.4, -0.2) is 32.4 Å². The van der Waals surface area contributed by atoms with Gasteiger partial charge in [0.2, 0.25) is 11.1 Å². The molecule has 2 aromatic rings. The monoisotopic (exact) mass is 370 g/mol. The molecule has 1 aromatic carbocycles. The van der Waals surface area contributed by atoms with E-state index in [-0.39, 0.29) is 11.2 Å². The predicted octanol–water partition coefficient (Wildman–Crippen LogP) is 4.15. The molecule has 1 aromatic heterocycles. The fraction of sp³-hybridized carbons (Fsp3) is 0.450. The quantitative estimate of drug-likeness (QED) is 0.750. The molecule has 1 aliphatic rings. The molecule has 1 fully saturated rings. The van der Waals surface area contributed by atoms with Crippen molar-refractivity contribution in [1.29, 1.82) is 0 Å². The van der Waals surface area contributed by atoms with Crippen molar-refractivity contribution in [2.75, 3.05) is 0 Å². The number of benzene rings is 1. The van der Waals surface area contributed by atoms with Crippen LogP contribution in [0.1, 0.15) is 50.9 Å². The Bertz CT molecular complexity index is 743. The van der Waals surface area contributed by atoms with Crippen molar-refractivity contribution in [3.63, 3.8) is 0 Å². The molecule has 0 spiro atoms. The largest absolute Gasteiger partial charge is 0.352 e. The third kappa shape index (κ3) is 5.21. The lowest BCUT2D eigenvalue weighted by atomic mass is 9.86. The Balaban J connectivity index is 1.53. The summed E-state index contributed by atoms with van der Waals surface area (Å²) in [5.74, 6) is 1.31. The minimum Gasteiger partial charge on any atom is -0.352 e. The number of thioether (sulfide) groups is 1. The number of carbonyl (C=O) groups excluding carboxylic acids is 1. The van der Waals surface area contributed by atoms with E-state index >= 15 is 0 Å². The molecule has 3 rings (SSSR count). The zero-order valence-electron chi connectivity index (χ0n) is 15.3. The SMILES string of the molecule is CC(Sc1n[nH]c(/C=C/c2ccccc2)n1)C(=O)NC1CCCCC1C. The number of carbonyl (C=O) groups is 1. The van der Waals surface area contributed by atoms with Gasteiger partial charge in [0, 0.05) is 6.04 Å². The van der Waals surface area contributed by atoms with Gasteiger partial charge in [-0.25, -0.2) is 4.98 Å². The molecule has 1 saturated carbocycles. The number of nitrogens with zero attached hydrogens (tertiary/aromatic N) is 2. The van der Waals surface area contributed by atoms with Crippen molar-refractivity contribution in [1.82, 2.24) is 20.5 Å². The highest BCUT2D eigenvalue weighted by Gasteiger charge is 2.25. The molecule has 0 aliphatic heterocycles. The van der Waals surface area contributed by atoms with Gasteiger partial charge in [0.1, 0.15) is 5.82 Å². The van der Waals surface area contributed by atoms with E-state index in [1.165, 1.54) is 31.0 Å². The Morgan fingerprint density at radius 3 is 2.81 bits per heavy atom. The molecule has 0 bridgehead atoms. The average Bonchev–Trinajstić information content (AvgIpc) is 3.10. The molecule has 0 radical (unpaired) electrons. The van der Waals surface area contributed by atoms with Gasteiger partial charge in [-0.3, -0.25) is 9.89 Å². The standard InChI is InChI=1S/C20H26N4OS/c1-14-8-6-7-11-17(14)21-19(25)15(2)26-20-22-18(23-24-20)13-12-16-9-4-3-5-10-16/h3-5,9-10,12-15,17H,6-8,11H2,1-2H3,(H,21,25)(H,22,23,24)/b13-12+. The first-order valence-electron chi connectivity index (χ1n) is 9.24. The lowest BCUT2D eigenvalue weighted by Gasteiger charge is -2.30. The minimum atomic E-state index is -0.217. The summed E-state index contributed by atoms with van der Waals surface area (Å²) in [4.78, 5) is 16.9.